The van der Waals surface area contributed by atoms with E-state index in [1.807, 2.05) is 30.3 Å². The van der Waals surface area contributed by atoms with Gasteiger partial charge in [-0.25, -0.2) is 4.98 Å². The number of para-hydroxylation sites is 2. The standard InChI is InChI=1S/C13H9Cl2N3/c14-8-4-1-2-7-11(8)18-12-9(15)5-3-6-10(12)17-13(18)16/h1-7H,(H2,16,17). The predicted octanol–water partition coefficient (Wildman–Crippen LogP) is 3.91. The minimum Gasteiger partial charge on any atom is -0.369 e. The average molecular weight is 278 g/mol. The Morgan fingerprint density at radius 3 is 2.44 bits per heavy atom. The number of halogens is 2. The smallest absolute Gasteiger partial charge is 0.206 e. The van der Waals surface area contributed by atoms with Gasteiger partial charge in [0.25, 0.3) is 0 Å². The second kappa shape index (κ2) is 4.19. The molecule has 0 atom stereocenters. The summed E-state index contributed by atoms with van der Waals surface area (Å²) in [5.74, 6) is 0.367. The summed E-state index contributed by atoms with van der Waals surface area (Å²) in [5, 5.41) is 1.19. The lowest BCUT2D eigenvalue weighted by Crippen LogP contribution is -2.01. The number of fused-ring (bicyclic) bond motifs is 1. The second-order valence-corrected chi connectivity index (χ2v) is 4.68. The number of hydrogen-bond acceptors (Lipinski definition) is 2. The van der Waals surface area contributed by atoms with Crippen LogP contribution in [0.5, 0.6) is 0 Å². The van der Waals surface area contributed by atoms with Crippen molar-refractivity contribution in [2.24, 2.45) is 0 Å². The Bertz CT molecular complexity index is 734. The fraction of sp³-hybridized carbons (Fsp3) is 0. The zero-order valence-corrected chi connectivity index (χ0v) is 10.8. The first-order valence-electron chi connectivity index (χ1n) is 5.36. The lowest BCUT2D eigenvalue weighted by atomic mass is 10.3. The molecule has 0 unspecified atom stereocenters. The Labute approximate surface area is 114 Å². The van der Waals surface area contributed by atoms with Crippen molar-refractivity contribution in [3.8, 4) is 5.69 Å². The van der Waals surface area contributed by atoms with E-state index in [4.69, 9.17) is 28.9 Å². The lowest BCUT2D eigenvalue weighted by molar-refractivity contribution is 1.11. The first kappa shape index (κ1) is 11.4. The number of nitrogen functional groups attached to an aromatic ring is 1. The van der Waals surface area contributed by atoms with E-state index in [1.165, 1.54) is 0 Å². The average Bonchev–Trinajstić information content (AvgIpc) is 2.68. The highest BCUT2D eigenvalue weighted by molar-refractivity contribution is 6.35. The molecule has 0 aliphatic rings. The van der Waals surface area contributed by atoms with Crippen molar-refractivity contribution in [1.29, 1.82) is 0 Å². The molecule has 0 fully saturated rings. The minimum atomic E-state index is 0.367. The predicted molar refractivity (Wildman–Crippen MR) is 75.5 cm³/mol. The Morgan fingerprint density at radius 2 is 1.67 bits per heavy atom. The number of hydrogen-bond donors (Lipinski definition) is 1. The normalized spacial score (nSPS) is 11.0. The van der Waals surface area contributed by atoms with E-state index in [2.05, 4.69) is 4.98 Å². The van der Waals surface area contributed by atoms with Crippen LogP contribution in [0.1, 0.15) is 0 Å². The van der Waals surface area contributed by atoms with Crippen molar-refractivity contribution in [2.75, 3.05) is 5.73 Å². The molecule has 0 aliphatic heterocycles. The van der Waals surface area contributed by atoms with Gasteiger partial charge in [0.15, 0.2) is 0 Å². The fourth-order valence-electron chi connectivity index (χ4n) is 1.98. The molecule has 3 aromatic rings. The summed E-state index contributed by atoms with van der Waals surface area (Å²) in [6.45, 7) is 0. The van der Waals surface area contributed by atoms with E-state index in [0.717, 1.165) is 16.7 Å². The summed E-state index contributed by atoms with van der Waals surface area (Å²) < 4.78 is 1.76. The van der Waals surface area contributed by atoms with Gasteiger partial charge in [-0.1, -0.05) is 41.4 Å². The Kier molecular flexibility index (Phi) is 2.65. The summed E-state index contributed by atoms with van der Waals surface area (Å²) in [4.78, 5) is 4.29. The molecule has 0 saturated carbocycles. The topological polar surface area (TPSA) is 43.8 Å². The number of anilines is 1. The van der Waals surface area contributed by atoms with Gasteiger partial charge in [0.2, 0.25) is 5.95 Å². The van der Waals surface area contributed by atoms with E-state index < -0.39 is 0 Å². The van der Waals surface area contributed by atoms with Crippen LogP contribution in [-0.2, 0) is 0 Å². The van der Waals surface area contributed by atoms with Gasteiger partial charge in [-0.15, -0.1) is 0 Å². The van der Waals surface area contributed by atoms with Crippen LogP contribution in [0.15, 0.2) is 42.5 Å². The van der Waals surface area contributed by atoms with Gasteiger partial charge in [-0.05, 0) is 24.3 Å². The van der Waals surface area contributed by atoms with Crippen LogP contribution in [-0.4, -0.2) is 9.55 Å². The van der Waals surface area contributed by atoms with E-state index >= 15 is 0 Å². The second-order valence-electron chi connectivity index (χ2n) is 3.86. The summed E-state index contributed by atoms with van der Waals surface area (Å²) in [6, 6.07) is 12.9. The van der Waals surface area contributed by atoms with Gasteiger partial charge >= 0.3 is 0 Å². The number of imidazole rings is 1. The molecule has 2 aromatic carbocycles. The van der Waals surface area contributed by atoms with Crippen LogP contribution in [0.2, 0.25) is 10.0 Å². The monoisotopic (exact) mass is 277 g/mol. The number of nitrogens with two attached hydrogens (primary N) is 1. The molecule has 1 heterocycles. The van der Waals surface area contributed by atoms with Crippen molar-refractivity contribution in [2.45, 2.75) is 0 Å². The van der Waals surface area contributed by atoms with E-state index in [1.54, 1.807) is 16.7 Å². The molecular formula is C13H9Cl2N3. The molecule has 0 amide bonds. The van der Waals surface area contributed by atoms with Crippen LogP contribution >= 0.6 is 23.2 Å². The molecule has 18 heavy (non-hydrogen) atoms. The summed E-state index contributed by atoms with van der Waals surface area (Å²) >= 11 is 12.4. The van der Waals surface area contributed by atoms with Gasteiger partial charge in [0.05, 0.1) is 26.8 Å². The van der Waals surface area contributed by atoms with E-state index in [-0.39, 0.29) is 0 Å². The Hall–Kier alpha value is -1.71. The first-order chi connectivity index (χ1) is 8.68. The Balaban J connectivity index is 2.43. The highest BCUT2D eigenvalue weighted by Crippen LogP contribution is 2.31. The summed E-state index contributed by atoms with van der Waals surface area (Å²) in [6.07, 6.45) is 0. The number of benzene rings is 2. The largest absolute Gasteiger partial charge is 0.369 e. The highest BCUT2D eigenvalue weighted by Gasteiger charge is 2.14. The molecule has 3 nitrogen and oxygen atoms in total. The molecule has 1 aromatic heterocycles. The van der Waals surface area contributed by atoms with Crippen LogP contribution in [0.25, 0.3) is 16.7 Å². The van der Waals surface area contributed by atoms with Gasteiger partial charge in [0, 0.05) is 0 Å². The first-order valence-corrected chi connectivity index (χ1v) is 6.11. The van der Waals surface area contributed by atoms with Gasteiger partial charge in [0.1, 0.15) is 0 Å². The van der Waals surface area contributed by atoms with Crippen molar-refractivity contribution in [3.63, 3.8) is 0 Å². The zero-order chi connectivity index (χ0) is 12.7. The molecule has 0 radical (unpaired) electrons. The fourth-order valence-corrected chi connectivity index (χ4v) is 2.45. The third-order valence-corrected chi connectivity index (χ3v) is 3.37. The number of rotatable bonds is 1. The quantitative estimate of drug-likeness (QED) is 0.733. The Morgan fingerprint density at radius 1 is 0.944 bits per heavy atom. The third-order valence-electron chi connectivity index (χ3n) is 2.75. The van der Waals surface area contributed by atoms with Crippen molar-refractivity contribution in [3.05, 3.63) is 52.5 Å². The highest BCUT2D eigenvalue weighted by atomic mass is 35.5. The molecule has 0 bridgehead atoms. The molecular weight excluding hydrogens is 269 g/mol. The maximum atomic E-state index is 6.22. The van der Waals surface area contributed by atoms with Crippen LogP contribution in [0.4, 0.5) is 5.95 Å². The van der Waals surface area contributed by atoms with E-state index in [0.29, 0.717) is 16.0 Å². The lowest BCUT2D eigenvalue weighted by Gasteiger charge is -2.09. The SMILES string of the molecule is Nc1nc2cccc(Cl)c2n1-c1ccccc1Cl. The summed E-state index contributed by atoms with van der Waals surface area (Å²) in [5.41, 5.74) is 8.25. The molecule has 0 spiro atoms. The molecule has 5 heteroatoms. The van der Waals surface area contributed by atoms with Crippen LogP contribution in [0.3, 0.4) is 0 Å². The van der Waals surface area contributed by atoms with Crippen LogP contribution in [0, 0.1) is 0 Å². The maximum Gasteiger partial charge on any atom is 0.206 e. The van der Waals surface area contributed by atoms with E-state index in [9.17, 15) is 0 Å². The molecule has 2 N–H and O–H groups in total. The van der Waals surface area contributed by atoms with Gasteiger partial charge in [-0.2, -0.15) is 0 Å². The van der Waals surface area contributed by atoms with Gasteiger partial charge in [-0.3, -0.25) is 4.57 Å². The summed E-state index contributed by atoms with van der Waals surface area (Å²) in [7, 11) is 0. The minimum absolute atomic E-state index is 0.367. The van der Waals surface area contributed by atoms with Crippen molar-refractivity contribution in [1.82, 2.24) is 9.55 Å². The molecule has 0 saturated heterocycles. The maximum absolute atomic E-state index is 6.22. The third kappa shape index (κ3) is 1.64. The molecule has 3 rings (SSSR count). The number of aromatic nitrogens is 2. The van der Waals surface area contributed by atoms with Crippen molar-refractivity contribution < 1.29 is 0 Å². The van der Waals surface area contributed by atoms with Crippen molar-refractivity contribution >= 4 is 40.2 Å². The number of nitrogens with zero attached hydrogens (tertiary/aromatic N) is 2. The van der Waals surface area contributed by atoms with Crippen LogP contribution < -0.4 is 5.73 Å². The molecule has 0 aliphatic carbocycles. The zero-order valence-electron chi connectivity index (χ0n) is 9.27. The molecule has 90 valence electrons. The van der Waals surface area contributed by atoms with Gasteiger partial charge < -0.3 is 5.73 Å².